The average molecular weight is 276 g/mol. The van der Waals surface area contributed by atoms with E-state index in [1.165, 1.54) is 7.11 Å². The number of likely N-dealkylation sites (tertiary alicyclic amines) is 1. The third-order valence-electron chi connectivity index (χ3n) is 3.67. The Kier molecular flexibility index (Phi) is 4.27. The van der Waals surface area contributed by atoms with Crippen LogP contribution in [0, 0.1) is 18.8 Å². The van der Waals surface area contributed by atoms with Crippen LogP contribution in [0.2, 0.25) is 0 Å². The maximum Gasteiger partial charge on any atom is 0.321 e. The van der Waals surface area contributed by atoms with E-state index in [2.05, 4.69) is 5.32 Å². The minimum Gasteiger partial charge on any atom is -0.469 e. The first-order valence-electron chi connectivity index (χ1n) is 6.71. The molecular weight excluding hydrogens is 256 g/mol. The number of aryl methyl sites for hydroxylation is 1. The van der Waals surface area contributed by atoms with Crippen molar-refractivity contribution in [1.82, 2.24) is 4.90 Å². The maximum absolute atomic E-state index is 12.2. The summed E-state index contributed by atoms with van der Waals surface area (Å²) in [5.41, 5.74) is 1.86. The van der Waals surface area contributed by atoms with Crippen LogP contribution in [0.5, 0.6) is 0 Å². The molecule has 0 spiro atoms. The molecule has 1 heterocycles. The highest BCUT2D eigenvalue weighted by Gasteiger charge is 2.37. The number of benzene rings is 1. The van der Waals surface area contributed by atoms with Gasteiger partial charge in [-0.1, -0.05) is 19.1 Å². The molecule has 0 bridgehead atoms. The van der Waals surface area contributed by atoms with Gasteiger partial charge in [0.1, 0.15) is 0 Å². The summed E-state index contributed by atoms with van der Waals surface area (Å²) in [4.78, 5) is 25.5. The van der Waals surface area contributed by atoms with Gasteiger partial charge < -0.3 is 15.0 Å². The molecule has 1 aliphatic rings. The van der Waals surface area contributed by atoms with Crippen molar-refractivity contribution in [2.24, 2.45) is 11.8 Å². The van der Waals surface area contributed by atoms with Gasteiger partial charge in [0.15, 0.2) is 0 Å². The van der Waals surface area contributed by atoms with Crippen LogP contribution in [0.3, 0.4) is 0 Å². The van der Waals surface area contributed by atoms with E-state index in [1.54, 1.807) is 4.90 Å². The van der Waals surface area contributed by atoms with Crippen molar-refractivity contribution in [3.8, 4) is 0 Å². The highest BCUT2D eigenvalue weighted by molar-refractivity contribution is 5.90. The molecule has 0 saturated carbocycles. The predicted octanol–water partition coefficient (Wildman–Crippen LogP) is 2.27. The first kappa shape index (κ1) is 14.4. The Bertz CT molecular complexity index is 516. The summed E-state index contributed by atoms with van der Waals surface area (Å²) in [6.45, 7) is 4.91. The summed E-state index contributed by atoms with van der Waals surface area (Å²) < 4.78 is 4.77. The van der Waals surface area contributed by atoms with E-state index in [0.717, 1.165) is 11.3 Å². The molecule has 0 radical (unpaired) electrons. The third-order valence-corrected chi connectivity index (χ3v) is 3.67. The molecule has 1 aliphatic heterocycles. The first-order valence-corrected chi connectivity index (χ1v) is 6.71. The van der Waals surface area contributed by atoms with Crippen LogP contribution in [-0.2, 0) is 9.53 Å². The van der Waals surface area contributed by atoms with Gasteiger partial charge in [0.2, 0.25) is 0 Å². The highest BCUT2D eigenvalue weighted by Crippen LogP contribution is 2.24. The monoisotopic (exact) mass is 276 g/mol. The fourth-order valence-corrected chi connectivity index (χ4v) is 2.52. The SMILES string of the molecule is COC(=O)C1CN(C(=O)Nc2cccc(C)c2)CC1C. The lowest BCUT2D eigenvalue weighted by Gasteiger charge is -2.17. The van der Waals surface area contributed by atoms with Gasteiger partial charge >= 0.3 is 12.0 Å². The van der Waals surface area contributed by atoms with Gasteiger partial charge in [-0.15, -0.1) is 0 Å². The Morgan fingerprint density at radius 1 is 1.35 bits per heavy atom. The Labute approximate surface area is 118 Å². The number of hydrogen-bond donors (Lipinski definition) is 1. The summed E-state index contributed by atoms with van der Waals surface area (Å²) in [5.74, 6) is -0.364. The molecule has 5 heteroatoms. The zero-order chi connectivity index (χ0) is 14.7. The Morgan fingerprint density at radius 3 is 2.75 bits per heavy atom. The number of carbonyl (C=O) groups is 2. The lowest BCUT2D eigenvalue weighted by atomic mass is 9.99. The Hall–Kier alpha value is -2.04. The number of esters is 1. The van der Waals surface area contributed by atoms with Crippen molar-refractivity contribution < 1.29 is 14.3 Å². The van der Waals surface area contributed by atoms with E-state index in [0.29, 0.717) is 13.1 Å². The van der Waals surface area contributed by atoms with Gasteiger partial charge in [0.05, 0.1) is 13.0 Å². The number of carbonyl (C=O) groups excluding carboxylic acids is 2. The number of urea groups is 1. The smallest absolute Gasteiger partial charge is 0.321 e. The Morgan fingerprint density at radius 2 is 2.10 bits per heavy atom. The van der Waals surface area contributed by atoms with Crippen molar-refractivity contribution in [2.45, 2.75) is 13.8 Å². The van der Waals surface area contributed by atoms with E-state index in [1.807, 2.05) is 38.1 Å². The minimum absolute atomic E-state index is 0.116. The van der Waals surface area contributed by atoms with Crippen LogP contribution in [0.25, 0.3) is 0 Å². The number of ether oxygens (including phenoxy) is 1. The van der Waals surface area contributed by atoms with Gasteiger partial charge in [-0.3, -0.25) is 4.79 Å². The molecule has 1 aromatic carbocycles. The minimum atomic E-state index is -0.247. The van der Waals surface area contributed by atoms with Gasteiger partial charge in [-0.2, -0.15) is 0 Å². The van der Waals surface area contributed by atoms with Crippen LogP contribution in [0.15, 0.2) is 24.3 Å². The van der Waals surface area contributed by atoms with Crippen molar-refractivity contribution in [3.63, 3.8) is 0 Å². The number of hydrogen-bond acceptors (Lipinski definition) is 3. The average Bonchev–Trinajstić information content (AvgIpc) is 2.80. The highest BCUT2D eigenvalue weighted by atomic mass is 16.5. The van der Waals surface area contributed by atoms with Crippen LogP contribution in [-0.4, -0.2) is 37.1 Å². The molecule has 2 rings (SSSR count). The second-order valence-corrected chi connectivity index (χ2v) is 5.31. The molecule has 20 heavy (non-hydrogen) atoms. The van der Waals surface area contributed by atoms with Crippen molar-refractivity contribution in [1.29, 1.82) is 0 Å². The summed E-state index contributed by atoms with van der Waals surface area (Å²) in [6, 6.07) is 7.46. The van der Waals surface area contributed by atoms with Gasteiger partial charge in [-0.25, -0.2) is 4.79 Å². The lowest BCUT2D eigenvalue weighted by molar-refractivity contribution is -0.145. The number of methoxy groups -OCH3 is 1. The molecule has 108 valence electrons. The lowest BCUT2D eigenvalue weighted by Crippen LogP contribution is -2.34. The van der Waals surface area contributed by atoms with Gasteiger partial charge in [0.25, 0.3) is 0 Å². The van der Waals surface area contributed by atoms with Crippen LogP contribution >= 0.6 is 0 Å². The van der Waals surface area contributed by atoms with E-state index in [9.17, 15) is 9.59 Å². The molecule has 1 aromatic rings. The molecule has 0 aromatic heterocycles. The number of nitrogens with one attached hydrogen (secondary N) is 1. The second-order valence-electron chi connectivity index (χ2n) is 5.31. The molecule has 2 unspecified atom stereocenters. The van der Waals surface area contributed by atoms with E-state index >= 15 is 0 Å². The zero-order valence-corrected chi connectivity index (χ0v) is 12.1. The fraction of sp³-hybridized carbons (Fsp3) is 0.467. The summed E-state index contributed by atoms with van der Waals surface area (Å²) in [7, 11) is 1.38. The van der Waals surface area contributed by atoms with Crippen LogP contribution < -0.4 is 5.32 Å². The molecule has 0 aliphatic carbocycles. The van der Waals surface area contributed by atoms with Crippen molar-refractivity contribution >= 4 is 17.7 Å². The normalized spacial score (nSPS) is 21.6. The molecule has 1 N–H and O–H groups in total. The van der Waals surface area contributed by atoms with Crippen molar-refractivity contribution in [2.75, 3.05) is 25.5 Å². The maximum atomic E-state index is 12.2. The first-order chi connectivity index (χ1) is 9.51. The largest absolute Gasteiger partial charge is 0.469 e. The Balaban J connectivity index is 1.99. The van der Waals surface area contributed by atoms with Gasteiger partial charge in [0, 0.05) is 18.8 Å². The second kappa shape index (κ2) is 5.94. The van der Waals surface area contributed by atoms with E-state index in [4.69, 9.17) is 4.74 Å². The molecule has 5 nitrogen and oxygen atoms in total. The predicted molar refractivity (Wildman–Crippen MR) is 76.4 cm³/mol. The van der Waals surface area contributed by atoms with E-state index in [-0.39, 0.29) is 23.8 Å². The summed E-state index contributed by atoms with van der Waals surface area (Å²) >= 11 is 0. The fourth-order valence-electron chi connectivity index (χ4n) is 2.52. The van der Waals surface area contributed by atoms with E-state index < -0.39 is 0 Å². The van der Waals surface area contributed by atoms with Gasteiger partial charge in [-0.05, 0) is 30.5 Å². The standard InChI is InChI=1S/C15H20N2O3/c1-10-5-4-6-12(7-10)16-15(19)17-8-11(2)13(9-17)14(18)20-3/h4-7,11,13H,8-9H2,1-3H3,(H,16,19). The van der Waals surface area contributed by atoms with Crippen LogP contribution in [0.1, 0.15) is 12.5 Å². The molecular formula is C15H20N2O3. The molecule has 2 atom stereocenters. The quantitative estimate of drug-likeness (QED) is 0.843. The molecule has 1 fully saturated rings. The van der Waals surface area contributed by atoms with Crippen molar-refractivity contribution in [3.05, 3.63) is 29.8 Å². The number of nitrogens with zero attached hydrogens (tertiary/aromatic N) is 1. The molecule has 1 saturated heterocycles. The number of amides is 2. The third kappa shape index (κ3) is 3.10. The summed E-state index contributed by atoms with van der Waals surface area (Å²) in [6.07, 6.45) is 0. The zero-order valence-electron chi connectivity index (χ0n) is 12.1. The number of rotatable bonds is 2. The molecule has 2 amide bonds. The van der Waals surface area contributed by atoms with Crippen LogP contribution in [0.4, 0.5) is 10.5 Å². The topological polar surface area (TPSA) is 58.6 Å². The number of anilines is 1. The summed E-state index contributed by atoms with van der Waals surface area (Å²) in [5, 5.41) is 2.86.